The zero-order chi connectivity index (χ0) is 46.9. The fourth-order valence-corrected chi connectivity index (χ4v) is 8.36. The summed E-state index contributed by atoms with van der Waals surface area (Å²) in [6.45, 7) is 19.2. The second-order valence-corrected chi connectivity index (χ2v) is 19.9. The Morgan fingerprint density at radius 1 is 0.470 bits per heavy atom. The highest BCUT2D eigenvalue weighted by Crippen LogP contribution is 2.48. The second kappa shape index (κ2) is 20.4. The third-order valence-corrected chi connectivity index (χ3v) is 12.7. The molecular formula is C64H64O2. The number of esters is 1. The average molecular weight is 865 g/mol. The molecule has 2 heteroatoms. The van der Waals surface area contributed by atoms with Crippen LogP contribution in [0, 0.1) is 16.2 Å². The van der Waals surface area contributed by atoms with Gasteiger partial charge in [-0.1, -0.05) is 235 Å². The molecule has 0 saturated carbocycles. The van der Waals surface area contributed by atoms with Gasteiger partial charge < -0.3 is 4.74 Å². The Morgan fingerprint density at radius 2 is 0.864 bits per heavy atom. The Labute approximate surface area is 394 Å². The van der Waals surface area contributed by atoms with E-state index in [2.05, 4.69) is 250 Å². The molecule has 0 spiro atoms. The minimum atomic E-state index is -0.689. The molecule has 7 rings (SSSR count). The number of benzene rings is 7. The van der Waals surface area contributed by atoms with E-state index < -0.39 is 5.41 Å². The molecule has 0 aliphatic carbocycles. The molecule has 332 valence electrons. The lowest BCUT2D eigenvalue weighted by molar-refractivity contribution is -0.154. The van der Waals surface area contributed by atoms with Crippen LogP contribution in [0.4, 0.5) is 0 Å². The summed E-state index contributed by atoms with van der Waals surface area (Å²) < 4.78 is 6.27. The molecule has 0 radical (unpaired) electrons. The standard InChI is InChI=1S/C64H64O2/c1-10-46(2)21-22-49-29-35-53(36-30-49)58-43-56(52-33-27-50(28-34-52)25-23-47-17-13-11-14-18-47)44-59(54-37-31-51(32-38-54)26-24-48-19-15-12-16-20-48)60(58)55-39-41-57(42-40-55)66-61(65)64(9,63(6,7)8)45-62(3,4)5/h10-44H,45H2,1-9H3. The van der Waals surface area contributed by atoms with E-state index in [-0.39, 0.29) is 16.8 Å². The van der Waals surface area contributed by atoms with E-state index in [4.69, 9.17) is 4.74 Å². The molecule has 1 unspecified atom stereocenters. The summed E-state index contributed by atoms with van der Waals surface area (Å²) >= 11 is 0. The SMILES string of the molecule is CC=C(C)C=Cc1ccc(-c2cc(-c3ccc(C=Cc4ccccc4)cc3)cc(-c3ccc(C=Cc4ccccc4)cc3)c2-c2ccc(OC(=O)C(C)(CC(C)(C)C)C(C)(C)C)cc2)cc1. The molecule has 0 N–H and O–H groups in total. The Balaban J connectivity index is 1.36. The van der Waals surface area contributed by atoms with Gasteiger partial charge in [0, 0.05) is 0 Å². The Hall–Kier alpha value is -7.03. The van der Waals surface area contributed by atoms with E-state index in [1.165, 1.54) is 11.1 Å². The molecule has 0 saturated heterocycles. The molecule has 1 atom stereocenters. The first kappa shape index (κ1) is 46.9. The second-order valence-electron chi connectivity index (χ2n) is 19.9. The maximum atomic E-state index is 14.1. The van der Waals surface area contributed by atoms with E-state index in [1.807, 2.05) is 24.3 Å². The maximum Gasteiger partial charge on any atom is 0.317 e. The molecule has 0 aliphatic heterocycles. The summed E-state index contributed by atoms with van der Waals surface area (Å²) in [4.78, 5) is 14.1. The highest BCUT2D eigenvalue weighted by molar-refractivity contribution is 5.98. The number of ether oxygens (including phenoxy) is 1. The van der Waals surface area contributed by atoms with Crippen LogP contribution in [0.2, 0.25) is 0 Å². The lowest BCUT2D eigenvalue weighted by Gasteiger charge is -2.43. The zero-order valence-electron chi connectivity index (χ0n) is 40.2. The molecule has 0 aromatic heterocycles. The largest absolute Gasteiger partial charge is 0.426 e. The van der Waals surface area contributed by atoms with Gasteiger partial charge >= 0.3 is 5.97 Å². The monoisotopic (exact) mass is 864 g/mol. The first-order chi connectivity index (χ1) is 31.6. The summed E-state index contributed by atoms with van der Waals surface area (Å²) in [5, 5.41) is 0. The van der Waals surface area contributed by atoms with Gasteiger partial charge in [-0.25, -0.2) is 0 Å². The molecular weight excluding hydrogens is 801 g/mol. The molecule has 0 amide bonds. The molecule has 2 nitrogen and oxygen atoms in total. The van der Waals surface area contributed by atoms with E-state index >= 15 is 0 Å². The van der Waals surface area contributed by atoms with Crippen LogP contribution in [-0.4, -0.2) is 5.97 Å². The topological polar surface area (TPSA) is 26.3 Å². The van der Waals surface area contributed by atoms with Crippen LogP contribution in [0.3, 0.4) is 0 Å². The molecule has 7 aromatic rings. The van der Waals surface area contributed by atoms with Crippen molar-refractivity contribution in [3.63, 3.8) is 0 Å². The predicted molar refractivity (Wildman–Crippen MR) is 285 cm³/mol. The van der Waals surface area contributed by atoms with Crippen LogP contribution >= 0.6 is 0 Å². The number of hydrogen-bond donors (Lipinski definition) is 0. The summed E-state index contributed by atoms with van der Waals surface area (Å²) in [7, 11) is 0. The molecule has 66 heavy (non-hydrogen) atoms. The number of carbonyl (C=O) groups excluding carboxylic acids is 1. The van der Waals surface area contributed by atoms with E-state index in [0.29, 0.717) is 12.2 Å². The van der Waals surface area contributed by atoms with Crippen LogP contribution in [0.25, 0.3) is 74.9 Å². The minimum absolute atomic E-state index is 0.0539. The smallest absolute Gasteiger partial charge is 0.317 e. The van der Waals surface area contributed by atoms with Gasteiger partial charge in [-0.3, -0.25) is 4.79 Å². The van der Waals surface area contributed by atoms with E-state index in [1.54, 1.807) is 0 Å². The van der Waals surface area contributed by atoms with Gasteiger partial charge in [0.15, 0.2) is 0 Å². The quantitative estimate of drug-likeness (QED) is 0.0500. The summed E-state index contributed by atoms with van der Waals surface area (Å²) in [5.74, 6) is 0.335. The number of carbonyl (C=O) groups is 1. The number of rotatable bonds is 13. The Bertz CT molecular complexity index is 2840. The van der Waals surface area contributed by atoms with Gasteiger partial charge in [0.2, 0.25) is 0 Å². The summed E-state index contributed by atoms with van der Waals surface area (Å²) in [5.41, 5.74) is 14.7. The zero-order valence-corrected chi connectivity index (χ0v) is 40.2. The van der Waals surface area contributed by atoms with Crippen LogP contribution in [0.5, 0.6) is 5.75 Å². The van der Waals surface area contributed by atoms with Gasteiger partial charge in [-0.05, 0) is 135 Å². The highest BCUT2D eigenvalue weighted by Gasteiger charge is 2.48. The minimum Gasteiger partial charge on any atom is -0.426 e. The van der Waals surface area contributed by atoms with Gasteiger partial charge in [0.25, 0.3) is 0 Å². The van der Waals surface area contributed by atoms with Crippen LogP contribution in [0.15, 0.2) is 188 Å². The average Bonchev–Trinajstić information content (AvgIpc) is 3.32. The molecule has 7 aromatic carbocycles. The normalized spacial score (nSPS) is 13.4. The fraction of sp³-hybridized carbons (Fsp3) is 0.203. The van der Waals surface area contributed by atoms with Crippen molar-refractivity contribution in [3.8, 4) is 50.3 Å². The molecule has 0 aliphatic rings. The maximum absolute atomic E-state index is 14.1. The van der Waals surface area contributed by atoms with Crippen LogP contribution < -0.4 is 4.74 Å². The third-order valence-electron chi connectivity index (χ3n) is 12.7. The van der Waals surface area contributed by atoms with Crippen molar-refractivity contribution in [2.45, 2.75) is 68.7 Å². The van der Waals surface area contributed by atoms with Crippen LogP contribution in [0.1, 0.15) is 96.6 Å². The third kappa shape index (κ3) is 11.8. The van der Waals surface area contributed by atoms with Gasteiger partial charge in [-0.15, -0.1) is 0 Å². The first-order valence-electron chi connectivity index (χ1n) is 23.2. The summed E-state index contributed by atoms with van der Waals surface area (Å²) in [6.07, 6.45) is 15.8. The molecule has 0 bridgehead atoms. The van der Waals surface area contributed by atoms with E-state index in [9.17, 15) is 4.79 Å². The van der Waals surface area contributed by atoms with Crippen molar-refractivity contribution >= 4 is 36.3 Å². The van der Waals surface area contributed by atoms with Crippen molar-refractivity contribution in [1.29, 1.82) is 0 Å². The number of allylic oxidation sites excluding steroid dienone is 3. The van der Waals surface area contributed by atoms with Crippen molar-refractivity contribution in [3.05, 3.63) is 215 Å². The van der Waals surface area contributed by atoms with Crippen molar-refractivity contribution in [2.24, 2.45) is 16.2 Å². The van der Waals surface area contributed by atoms with Gasteiger partial charge in [0.1, 0.15) is 5.75 Å². The Kier molecular flexibility index (Phi) is 14.5. The molecule has 0 fully saturated rings. The van der Waals surface area contributed by atoms with Crippen molar-refractivity contribution in [2.75, 3.05) is 0 Å². The Morgan fingerprint density at radius 3 is 1.27 bits per heavy atom. The fourth-order valence-electron chi connectivity index (χ4n) is 8.36. The molecule has 0 heterocycles. The first-order valence-corrected chi connectivity index (χ1v) is 23.2. The number of hydrogen-bond acceptors (Lipinski definition) is 2. The van der Waals surface area contributed by atoms with E-state index in [0.717, 1.165) is 66.8 Å². The van der Waals surface area contributed by atoms with Crippen molar-refractivity contribution in [1.82, 2.24) is 0 Å². The lowest BCUT2D eigenvalue weighted by Crippen LogP contribution is -2.45. The van der Waals surface area contributed by atoms with Gasteiger partial charge in [0.05, 0.1) is 5.41 Å². The lowest BCUT2D eigenvalue weighted by atomic mass is 9.61. The highest BCUT2D eigenvalue weighted by atomic mass is 16.5. The van der Waals surface area contributed by atoms with Crippen molar-refractivity contribution < 1.29 is 9.53 Å². The van der Waals surface area contributed by atoms with Gasteiger partial charge in [-0.2, -0.15) is 0 Å². The summed E-state index contributed by atoms with van der Waals surface area (Å²) in [6, 6.07) is 60.0. The van der Waals surface area contributed by atoms with Crippen LogP contribution in [-0.2, 0) is 4.79 Å². The predicted octanol–water partition coefficient (Wildman–Crippen LogP) is 18.1.